The number of hydrogen-bond donors (Lipinski definition) is 1. The van der Waals surface area contributed by atoms with Gasteiger partial charge in [-0.2, -0.15) is 4.98 Å². The van der Waals surface area contributed by atoms with Gasteiger partial charge >= 0.3 is 0 Å². The van der Waals surface area contributed by atoms with Crippen LogP contribution in [0, 0.1) is 0 Å². The summed E-state index contributed by atoms with van der Waals surface area (Å²) in [5.41, 5.74) is 8.14. The minimum atomic E-state index is -0.444. The molecule has 0 amide bonds. The van der Waals surface area contributed by atoms with E-state index in [1.54, 1.807) is 0 Å². The summed E-state index contributed by atoms with van der Waals surface area (Å²) in [6.45, 7) is 0.248. The summed E-state index contributed by atoms with van der Waals surface area (Å²) >= 11 is 0. The molecule has 5 heteroatoms. The van der Waals surface area contributed by atoms with E-state index in [0.29, 0.717) is 11.7 Å². The molecule has 0 aliphatic heterocycles. The molecule has 2 aromatic carbocycles. The van der Waals surface area contributed by atoms with E-state index in [1.807, 2.05) is 36.4 Å². The molecule has 26 heavy (non-hydrogen) atoms. The van der Waals surface area contributed by atoms with E-state index in [0.717, 1.165) is 36.8 Å². The van der Waals surface area contributed by atoms with E-state index >= 15 is 0 Å². The smallest absolute Gasteiger partial charge is 0.252 e. The van der Waals surface area contributed by atoms with Gasteiger partial charge in [-0.25, -0.2) is 0 Å². The predicted octanol–water partition coefficient (Wildman–Crippen LogP) is 4.10. The van der Waals surface area contributed by atoms with E-state index < -0.39 is 5.54 Å². The summed E-state index contributed by atoms with van der Waals surface area (Å²) in [5, 5.41) is 4.10. The predicted molar refractivity (Wildman–Crippen MR) is 98.1 cm³/mol. The molecule has 1 aromatic heterocycles. The first-order chi connectivity index (χ1) is 12.7. The molecule has 3 aromatic rings. The molecular formula is C21H23N3O2. The lowest BCUT2D eigenvalue weighted by Gasteiger charge is -2.18. The van der Waals surface area contributed by atoms with Crippen LogP contribution in [0.5, 0.6) is 0 Å². The molecule has 0 saturated heterocycles. The van der Waals surface area contributed by atoms with E-state index in [9.17, 15) is 0 Å². The van der Waals surface area contributed by atoms with Crippen molar-refractivity contribution < 1.29 is 9.26 Å². The Balaban J connectivity index is 1.51. The number of rotatable bonds is 6. The first-order valence-corrected chi connectivity index (χ1v) is 9.08. The highest BCUT2D eigenvalue weighted by Crippen LogP contribution is 2.34. The zero-order valence-corrected chi connectivity index (χ0v) is 14.7. The second kappa shape index (κ2) is 7.40. The van der Waals surface area contributed by atoms with Crippen LogP contribution in [-0.4, -0.2) is 10.1 Å². The summed E-state index contributed by atoms with van der Waals surface area (Å²) < 4.78 is 11.6. The van der Waals surface area contributed by atoms with Gasteiger partial charge in [0.2, 0.25) is 0 Å². The quantitative estimate of drug-likeness (QED) is 0.725. The van der Waals surface area contributed by atoms with Gasteiger partial charge in [0, 0.05) is 0 Å². The normalized spacial score (nSPS) is 16.2. The second-order valence-electron chi connectivity index (χ2n) is 6.89. The van der Waals surface area contributed by atoms with Gasteiger partial charge < -0.3 is 15.0 Å². The Labute approximate surface area is 153 Å². The number of nitrogens with two attached hydrogens (primary N) is 1. The minimum Gasteiger partial charge on any atom is -0.359 e. The lowest BCUT2D eigenvalue weighted by atomic mass is 9.99. The number of benzene rings is 2. The van der Waals surface area contributed by atoms with Crippen molar-refractivity contribution >= 4 is 0 Å². The lowest BCUT2D eigenvalue weighted by molar-refractivity contribution is 0.0493. The fourth-order valence-electron chi connectivity index (χ4n) is 3.54. The van der Waals surface area contributed by atoms with Crippen LogP contribution in [0.3, 0.4) is 0 Å². The zero-order valence-electron chi connectivity index (χ0n) is 14.7. The molecule has 0 radical (unpaired) electrons. The molecule has 0 spiro atoms. The monoisotopic (exact) mass is 349 g/mol. The summed E-state index contributed by atoms with van der Waals surface area (Å²) in [6, 6.07) is 20.3. The third-order valence-electron chi connectivity index (χ3n) is 4.99. The summed E-state index contributed by atoms with van der Waals surface area (Å²) in [4.78, 5) is 4.50. The number of ether oxygens (including phenoxy) is 1. The standard InChI is InChI=1S/C21H23N3O2/c22-21(13-7-8-14-21)20-23-18(26-24-20)15-25-19(16-9-3-1-4-10-16)17-11-5-2-6-12-17/h1-6,9-12,19H,7-8,13-15,22H2. The van der Waals surface area contributed by atoms with E-state index in [-0.39, 0.29) is 12.7 Å². The molecule has 0 bridgehead atoms. The SMILES string of the molecule is NC1(c2noc(COC(c3ccccc3)c3ccccc3)n2)CCCC1. The molecule has 1 saturated carbocycles. The van der Waals surface area contributed by atoms with Gasteiger partial charge in [-0.3, -0.25) is 0 Å². The minimum absolute atomic E-state index is 0.189. The Morgan fingerprint density at radius 1 is 0.962 bits per heavy atom. The maximum absolute atomic E-state index is 6.41. The average molecular weight is 349 g/mol. The summed E-state index contributed by atoms with van der Waals surface area (Å²) in [7, 11) is 0. The molecule has 1 fully saturated rings. The Bertz CT molecular complexity index is 787. The van der Waals surface area contributed by atoms with Crippen molar-refractivity contribution in [2.24, 2.45) is 5.73 Å². The Morgan fingerprint density at radius 3 is 2.12 bits per heavy atom. The van der Waals surface area contributed by atoms with Crippen molar-refractivity contribution in [1.29, 1.82) is 0 Å². The fraction of sp³-hybridized carbons (Fsp3) is 0.333. The third-order valence-corrected chi connectivity index (χ3v) is 4.99. The van der Waals surface area contributed by atoms with Gasteiger partial charge in [0.15, 0.2) is 5.82 Å². The van der Waals surface area contributed by atoms with E-state index in [4.69, 9.17) is 15.0 Å². The van der Waals surface area contributed by atoms with Gasteiger partial charge in [0.25, 0.3) is 5.89 Å². The van der Waals surface area contributed by atoms with Crippen LogP contribution in [0.2, 0.25) is 0 Å². The third kappa shape index (κ3) is 3.54. The Kier molecular flexibility index (Phi) is 4.82. The first-order valence-electron chi connectivity index (χ1n) is 9.08. The van der Waals surface area contributed by atoms with Crippen molar-refractivity contribution in [2.45, 2.75) is 43.9 Å². The number of nitrogens with zero attached hydrogens (tertiary/aromatic N) is 2. The molecule has 1 aliphatic rings. The number of aromatic nitrogens is 2. The highest BCUT2D eigenvalue weighted by atomic mass is 16.5. The van der Waals surface area contributed by atoms with Crippen LogP contribution in [0.15, 0.2) is 65.2 Å². The highest BCUT2D eigenvalue weighted by molar-refractivity contribution is 5.29. The van der Waals surface area contributed by atoms with Crippen molar-refractivity contribution in [1.82, 2.24) is 10.1 Å². The second-order valence-corrected chi connectivity index (χ2v) is 6.89. The molecule has 0 atom stereocenters. The van der Waals surface area contributed by atoms with Gasteiger partial charge in [-0.1, -0.05) is 78.7 Å². The lowest BCUT2D eigenvalue weighted by Crippen LogP contribution is -2.34. The molecule has 134 valence electrons. The maximum Gasteiger partial charge on any atom is 0.252 e. The molecule has 0 unspecified atom stereocenters. The van der Waals surface area contributed by atoms with Gasteiger partial charge in [0.1, 0.15) is 12.7 Å². The molecule has 4 rings (SSSR count). The van der Waals surface area contributed by atoms with E-state index in [2.05, 4.69) is 34.4 Å². The summed E-state index contributed by atoms with van der Waals surface area (Å²) in [5.74, 6) is 1.07. The molecule has 1 heterocycles. The van der Waals surface area contributed by atoms with Crippen LogP contribution >= 0.6 is 0 Å². The Hall–Kier alpha value is -2.50. The van der Waals surface area contributed by atoms with Crippen molar-refractivity contribution in [3.63, 3.8) is 0 Å². The zero-order chi connectivity index (χ0) is 17.8. The van der Waals surface area contributed by atoms with Crippen LogP contribution in [0.25, 0.3) is 0 Å². The van der Waals surface area contributed by atoms with Gasteiger partial charge in [-0.15, -0.1) is 0 Å². The van der Waals surface area contributed by atoms with Crippen molar-refractivity contribution in [3.8, 4) is 0 Å². The summed E-state index contributed by atoms with van der Waals surface area (Å²) in [6.07, 6.45) is 3.85. The van der Waals surface area contributed by atoms with Gasteiger partial charge in [0.05, 0.1) is 5.54 Å². The van der Waals surface area contributed by atoms with Crippen molar-refractivity contribution in [2.75, 3.05) is 0 Å². The van der Waals surface area contributed by atoms with E-state index in [1.165, 1.54) is 0 Å². The van der Waals surface area contributed by atoms with Crippen molar-refractivity contribution in [3.05, 3.63) is 83.5 Å². The van der Waals surface area contributed by atoms with Crippen LogP contribution in [0.1, 0.15) is 54.6 Å². The molecular weight excluding hydrogens is 326 g/mol. The van der Waals surface area contributed by atoms with Crippen LogP contribution in [-0.2, 0) is 16.9 Å². The number of hydrogen-bond acceptors (Lipinski definition) is 5. The van der Waals surface area contributed by atoms with Crippen LogP contribution < -0.4 is 5.73 Å². The topological polar surface area (TPSA) is 74.2 Å². The Morgan fingerprint density at radius 2 is 1.54 bits per heavy atom. The molecule has 1 aliphatic carbocycles. The largest absolute Gasteiger partial charge is 0.359 e. The average Bonchev–Trinajstić information content (AvgIpc) is 3.34. The highest BCUT2D eigenvalue weighted by Gasteiger charge is 2.36. The van der Waals surface area contributed by atoms with Gasteiger partial charge in [-0.05, 0) is 24.0 Å². The first kappa shape index (κ1) is 16.9. The molecule has 2 N–H and O–H groups in total. The van der Waals surface area contributed by atoms with Crippen LogP contribution in [0.4, 0.5) is 0 Å². The maximum atomic E-state index is 6.41. The molecule has 5 nitrogen and oxygen atoms in total. The fourth-order valence-corrected chi connectivity index (χ4v) is 3.54.